The summed E-state index contributed by atoms with van der Waals surface area (Å²) in [5.41, 5.74) is 0. The molecule has 142 valence electrons. The summed E-state index contributed by atoms with van der Waals surface area (Å²) in [5.74, 6) is 0. The summed E-state index contributed by atoms with van der Waals surface area (Å²) in [4.78, 5) is 0. The van der Waals surface area contributed by atoms with Gasteiger partial charge in [-0.25, -0.2) is 0 Å². The first kappa shape index (κ1) is 24.7. The average molecular weight is 457 g/mol. The van der Waals surface area contributed by atoms with Gasteiger partial charge in [0, 0.05) is 0 Å². The summed E-state index contributed by atoms with van der Waals surface area (Å²) >= 11 is 2.27. The van der Waals surface area contributed by atoms with Gasteiger partial charge in [-0.15, -0.1) is 69.4 Å². The largest absolute Gasteiger partial charge is 1.00 e. The summed E-state index contributed by atoms with van der Waals surface area (Å²) in [5, 5.41) is 8.05. The predicted molar refractivity (Wildman–Crippen MR) is 114 cm³/mol. The van der Waals surface area contributed by atoms with Crippen molar-refractivity contribution in [1.82, 2.24) is 0 Å². The minimum Gasteiger partial charge on any atom is -1.00 e. The number of rotatable bonds is 0. The van der Waals surface area contributed by atoms with E-state index in [4.69, 9.17) is 0 Å². The molecule has 4 heteroatoms. The molecule has 0 aliphatic heterocycles. The molecular formula is C24H22Cl2SiTi-2. The maximum atomic E-state index is 2.27. The van der Waals surface area contributed by atoms with Crippen molar-refractivity contribution in [3.8, 4) is 0 Å². The Morgan fingerprint density at radius 1 is 0.643 bits per heavy atom. The van der Waals surface area contributed by atoms with E-state index >= 15 is 0 Å². The van der Waals surface area contributed by atoms with Crippen molar-refractivity contribution >= 4 is 38.5 Å². The van der Waals surface area contributed by atoms with Crippen LogP contribution in [0.15, 0.2) is 97.1 Å². The van der Waals surface area contributed by atoms with Crippen molar-refractivity contribution in [3.63, 3.8) is 0 Å². The van der Waals surface area contributed by atoms with Crippen LogP contribution in [0.4, 0.5) is 0 Å². The molecule has 0 aliphatic rings. The van der Waals surface area contributed by atoms with Crippen LogP contribution >= 0.6 is 0 Å². The van der Waals surface area contributed by atoms with Crippen molar-refractivity contribution in [1.29, 1.82) is 0 Å². The zero-order chi connectivity index (χ0) is 18.4. The number of halogens is 2. The summed E-state index contributed by atoms with van der Waals surface area (Å²) in [7, 11) is 0. The smallest absolute Gasteiger partial charge is 0.0771 e. The van der Waals surface area contributed by atoms with E-state index < -0.39 is 0 Å². The van der Waals surface area contributed by atoms with Gasteiger partial charge < -0.3 is 24.8 Å². The minimum absolute atomic E-state index is 0. The van der Waals surface area contributed by atoms with Crippen LogP contribution in [0.1, 0.15) is 0 Å². The fraction of sp³-hybridized carbons (Fsp3) is 0.0833. The quantitative estimate of drug-likeness (QED) is 0.241. The molecule has 0 N–H and O–H groups in total. The molecule has 0 radical (unpaired) electrons. The van der Waals surface area contributed by atoms with E-state index in [-0.39, 0.29) is 31.0 Å². The first-order valence-corrected chi connectivity index (χ1v) is 13.6. The Labute approximate surface area is 191 Å². The minimum atomic E-state index is 0. The molecule has 0 nitrogen and oxygen atoms in total. The third kappa shape index (κ3) is 6.62. The SMILES string of the molecule is C[Si](C)=[Ti+2].[Cl-].[Cl-].c1ccc2[cH-]ccc2c1.c1ccc2c(c1)[cH-]c1ccccc12. The molecule has 0 heterocycles. The molecule has 0 unspecified atom stereocenters. The van der Waals surface area contributed by atoms with Crippen LogP contribution < -0.4 is 24.8 Å². The van der Waals surface area contributed by atoms with Crippen LogP contribution in [-0.4, -0.2) is 6.19 Å². The van der Waals surface area contributed by atoms with Gasteiger partial charge in [0.2, 0.25) is 0 Å². The Balaban J connectivity index is 0.000000231. The summed E-state index contributed by atoms with van der Waals surface area (Å²) < 4.78 is 0. The van der Waals surface area contributed by atoms with E-state index in [2.05, 4.69) is 129 Å². The van der Waals surface area contributed by atoms with Crippen LogP contribution in [0, 0.1) is 0 Å². The van der Waals surface area contributed by atoms with Gasteiger partial charge in [-0.2, -0.15) is 17.5 Å². The Hall–Kier alpha value is -1.35. The Kier molecular flexibility index (Phi) is 10.8. The molecule has 5 rings (SSSR count). The van der Waals surface area contributed by atoms with Crippen LogP contribution in [0.25, 0.3) is 32.3 Å². The van der Waals surface area contributed by atoms with Crippen molar-refractivity contribution in [2.45, 2.75) is 13.1 Å². The number of hydrogen-bond donors (Lipinski definition) is 0. The number of fused-ring (bicyclic) bond motifs is 4. The van der Waals surface area contributed by atoms with Gasteiger partial charge in [0.05, 0.1) is 0 Å². The zero-order valence-electron chi connectivity index (χ0n) is 16.0. The van der Waals surface area contributed by atoms with Crippen molar-refractivity contribution < 1.29 is 44.0 Å². The Morgan fingerprint density at radius 2 is 1.07 bits per heavy atom. The topological polar surface area (TPSA) is 0 Å². The van der Waals surface area contributed by atoms with E-state index in [1.807, 2.05) is 0 Å². The van der Waals surface area contributed by atoms with Gasteiger partial charge in [-0.1, -0.05) is 42.5 Å². The Bertz CT molecular complexity index is 1060. The molecule has 0 fully saturated rings. The van der Waals surface area contributed by atoms with Gasteiger partial charge in [0.1, 0.15) is 0 Å². The Morgan fingerprint density at radius 3 is 1.57 bits per heavy atom. The molecule has 0 aliphatic carbocycles. The monoisotopic (exact) mass is 456 g/mol. The van der Waals surface area contributed by atoms with Gasteiger partial charge in [0.25, 0.3) is 0 Å². The average Bonchev–Trinajstić information content (AvgIpc) is 3.26. The van der Waals surface area contributed by atoms with E-state index in [1.165, 1.54) is 32.3 Å². The summed E-state index contributed by atoms with van der Waals surface area (Å²) in [6.07, 6.45) is 0.120. The maximum Gasteiger partial charge on any atom is -0.0771 e. The first-order valence-electron chi connectivity index (χ1n) is 8.80. The van der Waals surface area contributed by atoms with Gasteiger partial charge in [0.15, 0.2) is 0 Å². The third-order valence-electron chi connectivity index (χ3n) is 4.07. The molecule has 5 aromatic rings. The molecule has 0 amide bonds. The molecule has 5 aromatic carbocycles. The van der Waals surface area contributed by atoms with E-state index in [9.17, 15) is 0 Å². The van der Waals surface area contributed by atoms with Crippen LogP contribution in [0.2, 0.25) is 13.1 Å². The number of benzene rings is 3. The first-order chi connectivity index (χ1) is 12.6. The summed E-state index contributed by atoms with van der Waals surface area (Å²) in [6.45, 7) is 4.54. The molecule has 0 saturated carbocycles. The molecule has 0 atom stereocenters. The fourth-order valence-corrected chi connectivity index (χ4v) is 2.97. The van der Waals surface area contributed by atoms with Crippen molar-refractivity contribution in [2.75, 3.05) is 0 Å². The van der Waals surface area contributed by atoms with Crippen LogP contribution in [0.5, 0.6) is 0 Å². The molecule has 28 heavy (non-hydrogen) atoms. The van der Waals surface area contributed by atoms with Gasteiger partial charge in [-0.05, 0) is 0 Å². The molecule has 0 aromatic heterocycles. The molecule has 0 bridgehead atoms. The van der Waals surface area contributed by atoms with Gasteiger partial charge >= 0.3 is 38.5 Å². The third-order valence-corrected chi connectivity index (χ3v) is 4.07. The zero-order valence-corrected chi connectivity index (χ0v) is 20.1. The standard InChI is InChI=1S/C13H9.C9H7.C2H6Si.2ClH.Ti/c1-3-7-12-10(5-1)9-11-6-2-4-8-13(11)12;1-2-5-9-7-3-6-8(9)4-1;1-3-2;;;/h1-9H;1-7H;1-2H3;2*1H;/q2*-1;;;;+2/p-2. The van der Waals surface area contributed by atoms with Crippen molar-refractivity contribution in [2.24, 2.45) is 0 Å². The van der Waals surface area contributed by atoms with E-state index in [0.717, 1.165) is 0 Å². The van der Waals surface area contributed by atoms with Crippen LogP contribution in [-0.2, 0) is 19.2 Å². The normalized spacial score (nSPS) is 9.43. The molecule has 0 saturated heterocycles. The van der Waals surface area contributed by atoms with E-state index in [1.54, 1.807) is 0 Å². The van der Waals surface area contributed by atoms with E-state index in [0.29, 0.717) is 0 Å². The second-order valence-electron chi connectivity index (χ2n) is 6.47. The maximum absolute atomic E-state index is 2.27. The van der Waals surface area contributed by atoms with Crippen LogP contribution in [0.3, 0.4) is 0 Å². The second kappa shape index (κ2) is 12.3. The molecule has 0 spiro atoms. The fourth-order valence-electron chi connectivity index (χ4n) is 2.97. The van der Waals surface area contributed by atoms with Gasteiger partial charge in [-0.3, -0.25) is 0 Å². The second-order valence-corrected chi connectivity index (χ2v) is 13.2. The van der Waals surface area contributed by atoms with Crippen molar-refractivity contribution in [3.05, 3.63) is 97.1 Å². The number of hydrogen-bond acceptors (Lipinski definition) is 0. The molecular weight excluding hydrogens is 435 g/mol. The predicted octanol–water partition coefficient (Wildman–Crippen LogP) is 1.06. The summed E-state index contributed by atoms with van der Waals surface area (Å²) in [6, 6.07) is 33.9.